The molecule has 90 valence electrons. The van der Waals surface area contributed by atoms with E-state index in [9.17, 15) is 0 Å². The molecule has 0 fully saturated rings. The predicted octanol–water partition coefficient (Wildman–Crippen LogP) is 2.63. The summed E-state index contributed by atoms with van der Waals surface area (Å²) in [7, 11) is 0. The molecule has 1 aromatic heterocycles. The summed E-state index contributed by atoms with van der Waals surface area (Å²) in [5, 5.41) is 4.39. The van der Waals surface area contributed by atoms with E-state index in [1.165, 1.54) is 5.56 Å². The smallest absolute Gasteiger partial charge is 0.0645 e. The zero-order valence-corrected chi connectivity index (χ0v) is 10.6. The van der Waals surface area contributed by atoms with Crippen LogP contribution in [0.4, 0.5) is 0 Å². The van der Waals surface area contributed by atoms with Gasteiger partial charge in [-0.3, -0.25) is 0 Å². The Morgan fingerprint density at radius 1 is 1.18 bits per heavy atom. The topological polar surface area (TPSA) is 43.8 Å². The lowest BCUT2D eigenvalue weighted by Gasteiger charge is -2.15. The molecule has 0 atom stereocenters. The Morgan fingerprint density at radius 3 is 2.29 bits per heavy atom. The number of nitrogens with zero attached hydrogens (tertiary/aromatic N) is 2. The third-order valence-corrected chi connectivity index (χ3v) is 2.89. The van der Waals surface area contributed by atoms with Crippen molar-refractivity contribution in [1.82, 2.24) is 9.78 Å². The average Bonchev–Trinajstić information content (AvgIpc) is 2.78. The van der Waals surface area contributed by atoms with E-state index in [1.54, 1.807) is 0 Å². The van der Waals surface area contributed by atoms with E-state index in [0.717, 1.165) is 11.3 Å². The molecule has 0 aliphatic carbocycles. The maximum absolute atomic E-state index is 5.58. The van der Waals surface area contributed by atoms with Crippen molar-refractivity contribution in [3.05, 3.63) is 47.8 Å². The highest BCUT2D eigenvalue weighted by atomic mass is 15.3. The van der Waals surface area contributed by atoms with E-state index in [2.05, 4.69) is 32.1 Å². The van der Waals surface area contributed by atoms with E-state index in [1.807, 2.05) is 35.1 Å². The first-order chi connectivity index (χ1) is 8.00. The minimum Gasteiger partial charge on any atom is -0.326 e. The van der Waals surface area contributed by atoms with Gasteiger partial charge in [0.15, 0.2) is 0 Å². The number of nitrogens with two attached hydrogens (primary N) is 1. The van der Waals surface area contributed by atoms with Crippen LogP contribution in [0.1, 0.15) is 31.9 Å². The van der Waals surface area contributed by atoms with Gasteiger partial charge in [0.05, 0.1) is 11.9 Å². The molecule has 0 radical (unpaired) electrons. The molecule has 3 heteroatoms. The van der Waals surface area contributed by atoms with Gasteiger partial charge >= 0.3 is 0 Å². The second-order valence-electron chi connectivity index (χ2n) is 5.29. The van der Waals surface area contributed by atoms with Gasteiger partial charge in [-0.05, 0) is 28.7 Å². The lowest BCUT2D eigenvalue weighted by Crippen LogP contribution is -2.09. The SMILES string of the molecule is CC(C)(C)c1cnn(-c2ccc(CN)cc2)c1. The molecular weight excluding hydrogens is 210 g/mol. The van der Waals surface area contributed by atoms with Gasteiger partial charge in [-0.2, -0.15) is 5.10 Å². The molecule has 2 rings (SSSR count). The molecule has 1 heterocycles. The third kappa shape index (κ3) is 2.56. The summed E-state index contributed by atoms with van der Waals surface area (Å²) in [5.74, 6) is 0. The molecule has 17 heavy (non-hydrogen) atoms. The minimum atomic E-state index is 0.134. The molecule has 0 amide bonds. The highest BCUT2D eigenvalue weighted by Crippen LogP contribution is 2.22. The largest absolute Gasteiger partial charge is 0.326 e. The van der Waals surface area contributed by atoms with Crippen molar-refractivity contribution in [2.45, 2.75) is 32.7 Å². The first kappa shape index (κ1) is 11.9. The molecule has 0 unspecified atom stereocenters. The Hall–Kier alpha value is -1.61. The molecule has 2 aromatic rings. The van der Waals surface area contributed by atoms with Gasteiger partial charge in [0.2, 0.25) is 0 Å². The van der Waals surface area contributed by atoms with Gasteiger partial charge in [-0.1, -0.05) is 32.9 Å². The summed E-state index contributed by atoms with van der Waals surface area (Å²) in [5.41, 5.74) is 9.15. The molecule has 0 bridgehead atoms. The summed E-state index contributed by atoms with van der Waals surface area (Å²) in [4.78, 5) is 0. The van der Waals surface area contributed by atoms with Gasteiger partial charge in [0, 0.05) is 12.7 Å². The van der Waals surface area contributed by atoms with Crippen molar-refractivity contribution in [1.29, 1.82) is 0 Å². The first-order valence-electron chi connectivity index (χ1n) is 5.85. The second kappa shape index (κ2) is 4.34. The highest BCUT2D eigenvalue weighted by Gasteiger charge is 2.15. The van der Waals surface area contributed by atoms with Crippen molar-refractivity contribution in [3.63, 3.8) is 0 Å². The van der Waals surface area contributed by atoms with Crippen molar-refractivity contribution in [2.24, 2.45) is 5.73 Å². The maximum atomic E-state index is 5.58. The summed E-state index contributed by atoms with van der Waals surface area (Å²) in [6.45, 7) is 7.14. The third-order valence-electron chi connectivity index (χ3n) is 2.89. The van der Waals surface area contributed by atoms with Gasteiger partial charge in [0.1, 0.15) is 0 Å². The monoisotopic (exact) mass is 229 g/mol. The van der Waals surface area contributed by atoms with Gasteiger partial charge in [0.25, 0.3) is 0 Å². The number of aromatic nitrogens is 2. The highest BCUT2D eigenvalue weighted by molar-refractivity contribution is 5.35. The number of hydrogen-bond acceptors (Lipinski definition) is 2. The lowest BCUT2D eigenvalue weighted by atomic mass is 9.90. The van der Waals surface area contributed by atoms with E-state index in [0.29, 0.717) is 6.54 Å². The molecule has 0 aliphatic rings. The molecule has 0 spiro atoms. The zero-order chi connectivity index (χ0) is 12.5. The number of benzene rings is 1. The standard InChI is InChI=1S/C14H19N3/c1-14(2,3)12-9-16-17(10-12)13-6-4-11(8-15)5-7-13/h4-7,9-10H,8,15H2,1-3H3. The van der Waals surface area contributed by atoms with Crippen LogP contribution in [-0.2, 0) is 12.0 Å². The van der Waals surface area contributed by atoms with Crippen LogP contribution in [0.25, 0.3) is 5.69 Å². The summed E-state index contributed by atoms with van der Waals surface area (Å²) in [6.07, 6.45) is 4.01. The van der Waals surface area contributed by atoms with Crippen LogP contribution in [-0.4, -0.2) is 9.78 Å². The predicted molar refractivity (Wildman–Crippen MR) is 70.2 cm³/mol. The molecule has 0 saturated carbocycles. The van der Waals surface area contributed by atoms with Crippen LogP contribution in [0.5, 0.6) is 0 Å². The van der Waals surface area contributed by atoms with Crippen LogP contribution < -0.4 is 5.73 Å². The summed E-state index contributed by atoms with van der Waals surface area (Å²) < 4.78 is 1.90. The van der Waals surface area contributed by atoms with Crippen molar-refractivity contribution < 1.29 is 0 Å². The molecule has 0 aliphatic heterocycles. The van der Waals surface area contributed by atoms with E-state index in [-0.39, 0.29) is 5.41 Å². The Kier molecular flexibility index (Phi) is 3.03. The fourth-order valence-electron chi connectivity index (χ4n) is 1.64. The molecule has 2 N–H and O–H groups in total. The molecular formula is C14H19N3. The quantitative estimate of drug-likeness (QED) is 0.860. The average molecular weight is 229 g/mol. The van der Waals surface area contributed by atoms with Crippen LogP contribution >= 0.6 is 0 Å². The summed E-state index contributed by atoms with van der Waals surface area (Å²) >= 11 is 0. The first-order valence-corrected chi connectivity index (χ1v) is 5.85. The van der Waals surface area contributed by atoms with E-state index < -0.39 is 0 Å². The molecule has 1 aromatic carbocycles. The maximum Gasteiger partial charge on any atom is 0.0645 e. The zero-order valence-electron chi connectivity index (χ0n) is 10.6. The van der Waals surface area contributed by atoms with E-state index in [4.69, 9.17) is 5.73 Å². The normalized spacial score (nSPS) is 11.8. The Labute approximate surface area is 102 Å². The van der Waals surface area contributed by atoms with Gasteiger partial charge < -0.3 is 5.73 Å². The van der Waals surface area contributed by atoms with Gasteiger partial charge in [-0.25, -0.2) is 4.68 Å². The van der Waals surface area contributed by atoms with Crippen molar-refractivity contribution in [2.75, 3.05) is 0 Å². The second-order valence-corrected chi connectivity index (χ2v) is 5.29. The van der Waals surface area contributed by atoms with Crippen LogP contribution in [0.3, 0.4) is 0 Å². The van der Waals surface area contributed by atoms with E-state index >= 15 is 0 Å². The molecule has 3 nitrogen and oxygen atoms in total. The fourth-order valence-corrected chi connectivity index (χ4v) is 1.64. The minimum absolute atomic E-state index is 0.134. The number of hydrogen-bond donors (Lipinski definition) is 1. The summed E-state index contributed by atoms with van der Waals surface area (Å²) in [6, 6.07) is 8.16. The van der Waals surface area contributed by atoms with Crippen LogP contribution in [0.15, 0.2) is 36.7 Å². The molecule has 0 saturated heterocycles. The Bertz CT molecular complexity index is 489. The van der Waals surface area contributed by atoms with Crippen molar-refractivity contribution >= 4 is 0 Å². The van der Waals surface area contributed by atoms with Crippen LogP contribution in [0, 0.1) is 0 Å². The van der Waals surface area contributed by atoms with Gasteiger partial charge in [-0.15, -0.1) is 0 Å². The number of rotatable bonds is 2. The van der Waals surface area contributed by atoms with Crippen molar-refractivity contribution in [3.8, 4) is 5.69 Å². The Balaban J connectivity index is 2.30. The Morgan fingerprint density at radius 2 is 1.82 bits per heavy atom. The lowest BCUT2D eigenvalue weighted by molar-refractivity contribution is 0.590. The van der Waals surface area contributed by atoms with Crippen LogP contribution in [0.2, 0.25) is 0 Å². The fraction of sp³-hybridized carbons (Fsp3) is 0.357.